The van der Waals surface area contributed by atoms with Crippen LogP contribution in [-0.4, -0.2) is 125 Å². The third-order valence-electron chi connectivity index (χ3n) is 10.1. The molecule has 0 radical (unpaired) electrons. The van der Waals surface area contributed by atoms with Crippen LogP contribution in [0.3, 0.4) is 0 Å². The average Bonchev–Trinajstić information content (AvgIpc) is 3.22. The number of carbonyl (C=O) groups is 8. The normalized spacial score (nSPS) is 14.1. The molecule has 0 fully saturated rings. The lowest BCUT2D eigenvalue weighted by atomic mass is 10.0. The first-order chi connectivity index (χ1) is 30.6. The third kappa shape index (κ3) is 20.6. The first-order valence-electron chi connectivity index (χ1n) is 22.1. The Morgan fingerprint density at radius 3 is 1.80 bits per heavy atom. The van der Waals surface area contributed by atoms with Gasteiger partial charge in [-0.1, -0.05) is 84.0 Å². The van der Waals surface area contributed by atoms with E-state index in [1.807, 2.05) is 62.9 Å². The quantitative estimate of drug-likeness (QED) is 0.0560. The van der Waals surface area contributed by atoms with Crippen LogP contribution < -0.4 is 43.0 Å². The SMILES string of the molecule is CC(C)C[C@H](NC(=O)CCN)C(=O)N[C@@H](C)C(=O)NCCN(CC(=O)NCc1cccc(C(=O)N[C@@H](CC(C)C)C(=O)N[C@H](C(=O)N[C@H](C(=O)O)C(C)C)[C@@H](C)O)c1)Cc1ccccc1. The average molecular weight is 910 g/mol. The van der Waals surface area contributed by atoms with E-state index in [4.69, 9.17) is 5.73 Å². The lowest BCUT2D eigenvalue weighted by Gasteiger charge is -2.27. The first kappa shape index (κ1) is 55.2. The predicted molar refractivity (Wildman–Crippen MR) is 244 cm³/mol. The molecule has 2 aromatic carbocycles. The number of aliphatic hydroxyl groups excluding tert-OH is 1. The molecular formula is C46H71N9O10. The monoisotopic (exact) mass is 910 g/mol. The molecule has 0 aliphatic rings. The highest BCUT2D eigenvalue weighted by molar-refractivity contribution is 5.99. The van der Waals surface area contributed by atoms with Crippen LogP contribution in [0.1, 0.15) is 96.1 Å². The van der Waals surface area contributed by atoms with E-state index < -0.39 is 77.7 Å². The summed E-state index contributed by atoms with van der Waals surface area (Å²) >= 11 is 0. The number of carboxylic acid groups (broad SMARTS) is 1. The Morgan fingerprint density at radius 1 is 0.646 bits per heavy atom. The van der Waals surface area contributed by atoms with Gasteiger partial charge >= 0.3 is 5.97 Å². The summed E-state index contributed by atoms with van der Waals surface area (Å²) < 4.78 is 0. The second kappa shape index (κ2) is 28.1. The van der Waals surface area contributed by atoms with E-state index in [1.54, 1.807) is 45.0 Å². The smallest absolute Gasteiger partial charge is 0.326 e. The fraction of sp³-hybridized carbons (Fsp3) is 0.565. The van der Waals surface area contributed by atoms with Crippen molar-refractivity contribution >= 4 is 47.3 Å². The molecule has 2 aromatic rings. The summed E-state index contributed by atoms with van der Waals surface area (Å²) in [5.74, 6) is -5.56. The lowest BCUT2D eigenvalue weighted by Crippen LogP contribution is -2.59. The molecule has 0 spiro atoms. The Balaban J connectivity index is 2.08. The minimum absolute atomic E-state index is 0.0392. The topological polar surface area (TPSA) is 290 Å². The number of aliphatic carboxylic acids is 1. The lowest BCUT2D eigenvalue weighted by molar-refractivity contribution is -0.144. The maximum absolute atomic E-state index is 13.5. The molecule has 0 aliphatic carbocycles. The molecule has 7 amide bonds. The maximum atomic E-state index is 13.5. The van der Waals surface area contributed by atoms with Crippen LogP contribution in [0, 0.1) is 17.8 Å². The molecule has 0 unspecified atom stereocenters. The summed E-state index contributed by atoms with van der Waals surface area (Å²) in [4.78, 5) is 105. The van der Waals surface area contributed by atoms with Crippen molar-refractivity contribution in [1.29, 1.82) is 0 Å². The molecule has 2 rings (SSSR count). The van der Waals surface area contributed by atoms with E-state index in [0.717, 1.165) is 5.56 Å². The Labute approximate surface area is 382 Å². The number of benzene rings is 2. The third-order valence-corrected chi connectivity index (χ3v) is 10.1. The molecule has 19 heteroatoms. The van der Waals surface area contributed by atoms with Crippen LogP contribution in [0.5, 0.6) is 0 Å². The first-order valence-corrected chi connectivity index (χ1v) is 22.1. The number of carbonyl (C=O) groups excluding carboxylic acids is 7. The van der Waals surface area contributed by atoms with Crippen molar-refractivity contribution in [3.8, 4) is 0 Å². The van der Waals surface area contributed by atoms with Gasteiger partial charge in [-0.15, -0.1) is 0 Å². The van der Waals surface area contributed by atoms with Gasteiger partial charge in [-0.25, -0.2) is 4.79 Å². The number of hydrogen-bond acceptors (Lipinski definition) is 11. The molecule has 65 heavy (non-hydrogen) atoms. The molecule has 0 aromatic heterocycles. The molecule has 11 N–H and O–H groups in total. The summed E-state index contributed by atoms with van der Waals surface area (Å²) in [6.45, 7) is 14.5. The van der Waals surface area contributed by atoms with Crippen LogP contribution in [0.4, 0.5) is 0 Å². The Bertz CT molecular complexity index is 1890. The number of nitrogens with zero attached hydrogens (tertiary/aromatic N) is 1. The summed E-state index contributed by atoms with van der Waals surface area (Å²) in [6, 6.07) is 10.3. The van der Waals surface area contributed by atoms with Gasteiger partial charge in [0.25, 0.3) is 5.91 Å². The van der Waals surface area contributed by atoms with Crippen molar-refractivity contribution in [3.63, 3.8) is 0 Å². The Morgan fingerprint density at radius 2 is 1.23 bits per heavy atom. The van der Waals surface area contributed by atoms with Gasteiger partial charge in [0.05, 0.1) is 12.6 Å². The van der Waals surface area contributed by atoms with Gasteiger partial charge in [0.2, 0.25) is 35.4 Å². The van der Waals surface area contributed by atoms with E-state index in [2.05, 4.69) is 37.2 Å². The van der Waals surface area contributed by atoms with E-state index in [-0.39, 0.29) is 74.8 Å². The van der Waals surface area contributed by atoms with E-state index in [1.165, 1.54) is 6.92 Å². The highest BCUT2D eigenvalue weighted by Gasteiger charge is 2.34. The van der Waals surface area contributed by atoms with Crippen molar-refractivity contribution in [2.75, 3.05) is 26.2 Å². The van der Waals surface area contributed by atoms with Gasteiger partial charge in [-0.05, 0) is 67.7 Å². The second-order valence-electron chi connectivity index (χ2n) is 17.4. The van der Waals surface area contributed by atoms with Crippen LogP contribution in [-0.2, 0) is 46.7 Å². The van der Waals surface area contributed by atoms with Crippen molar-refractivity contribution in [2.45, 2.75) is 124 Å². The van der Waals surface area contributed by atoms with Crippen LogP contribution >= 0.6 is 0 Å². The fourth-order valence-electron chi connectivity index (χ4n) is 6.67. The molecule has 360 valence electrons. The molecule has 0 heterocycles. The van der Waals surface area contributed by atoms with Crippen LogP contribution in [0.2, 0.25) is 0 Å². The number of nitrogens with one attached hydrogen (secondary N) is 7. The van der Waals surface area contributed by atoms with E-state index in [9.17, 15) is 48.6 Å². The molecular weight excluding hydrogens is 839 g/mol. The molecule has 0 bridgehead atoms. The number of rotatable bonds is 28. The minimum Gasteiger partial charge on any atom is -0.480 e. The highest BCUT2D eigenvalue weighted by Crippen LogP contribution is 2.12. The molecule has 0 saturated carbocycles. The van der Waals surface area contributed by atoms with Gasteiger partial charge in [0.15, 0.2) is 0 Å². The zero-order valence-electron chi connectivity index (χ0n) is 38.9. The van der Waals surface area contributed by atoms with Crippen LogP contribution in [0.25, 0.3) is 0 Å². The number of hydrogen-bond donors (Lipinski definition) is 10. The number of amides is 7. The highest BCUT2D eigenvalue weighted by atomic mass is 16.4. The van der Waals surface area contributed by atoms with Gasteiger partial charge in [0.1, 0.15) is 30.2 Å². The summed E-state index contributed by atoms with van der Waals surface area (Å²) in [6.07, 6.45) is -0.757. The number of nitrogens with two attached hydrogens (primary N) is 1. The van der Waals surface area contributed by atoms with Crippen molar-refractivity contribution < 1.29 is 48.6 Å². The van der Waals surface area contributed by atoms with Gasteiger partial charge in [0, 0.05) is 44.7 Å². The predicted octanol–water partition coefficient (Wildman–Crippen LogP) is 0.541. The maximum Gasteiger partial charge on any atom is 0.326 e. The Hall–Kier alpha value is -5.92. The number of carboxylic acids is 1. The van der Waals surface area contributed by atoms with Gasteiger partial charge in [-0.2, -0.15) is 0 Å². The summed E-state index contributed by atoms with van der Waals surface area (Å²) in [5.41, 5.74) is 7.20. The number of aliphatic hydroxyl groups is 1. The molecule has 6 atom stereocenters. The van der Waals surface area contributed by atoms with Crippen molar-refractivity contribution in [3.05, 3.63) is 71.3 Å². The second-order valence-corrected chi connectivity index (χ2v) is 17.4. The van der Waals surface area contributed by atoms with Gasteiger partial charge in [-0.3, -0.25) is 38.5 Å². The fourth-order valence-corrected chi connectivity index (χ4v) is 6.67. The van der Waals surface area contributed by atoms with E-state index in [0.29, 0.717) is 18.5 Å². The summed E-state index contributed by atoms with van der Waals surface area (Å²) in [5, 5.41) is 38.5. The van der Waals surface area contributed by atoms with Crippen molar-refractivity contribution in [2.24, 2.45) is 23.5 Å². The molecule has 0 saturated heterocycles. The largest absolute Gasteiger partial charge is 0.480 e. The molecule has 0 aliphatic heterocycles. The van der Waals surface area contributed by atoms with Crippen LogP contribution in [0.15, 0.2) is 54.6 Å². The van der Waals surface area contributed by atoms with Crippen molar-refractivity contribution in [1.82, 2.24) is 42.1 Å². The minimum atomic E-state index is -1.50. The molecule has 19 nitrogen and oxygen atoms in total. The zero-order chi connectivity index (χ0) is 48.8. The van der Waals surface area contributed by atoms with E-state index >= 15 is 0 Å². The Kier molecular flexibility index (Phi) is 23.9. The standard InChI is InChI=1S/C46H71N9O10/c1-27(2)21-35(51-37(57)17-18-47)43(61)50-30(7)41(59)48-19-20-55(25-32-13-10-9-11-14-32)26-38(58)49-24-33-15-12-16-34(23-33)42(60)52-36(22-28(3)4)44(62)54-40(31(8)56)45(63)53-39(29(5)6)46(64)65/h9-16,23,27-31,35-36,39-40,56H,17-22,24-26,47H2,1-8H3,(H,48,59)(H,49,58)(H,50,61)(H,51,57)(H,52,60)(H,53,63)(H,54,62)(H,64,65)/t30-,31+,35-,36-,39-,40-/m0/s1. The van der Waals surface area contributed by atoms with Gasteiger partial charge < -0.3 is 53.2 Å². The summed E-state index contributed by atoms with van der Waals surface area (Å²) in [7, 11) is 0. The zero-order valence-corrected chi connectivity index (χ0v) is 38.9.